The van der Waals surface area contributed by atoms with E-state index in [1.165, 1.54) is 0 Å². The molecule has 1 heterocycles. The zero-order chi connectivity index (χ0) is 9.73. The number of hydrogen-bond acceptors (Lipinski definition) is 2. The third-order valence-electron chi connectivity index (χ3n) is 1.45. The first-order valence-electron chi connectivity index (χ1n) is 3.79. The first-order valence-corrected chi connectivity index (χ1v) is 5.34. The Balaban J connectivity index is 2.37. The van der Waals surface area contributed by atoms with Gasteiger partial charge in [-0.15, -0.1) is 0 Å². The molecule has 0 amide bonds. The van der Waals surface area contributed by atoms with Crippen LogP contribution in [0.4, 0.5) is 0 Å². The van der Waals surface area contributed by atoms with E-state index in [1.807, 2.05) is 35.2 Å². The third kappa shape index (κ3) is 4.56. The molecule has 1 rings (SSSR count). The van der Waals surface area contributed by atoms with Crippen LogP contribution in [-0.2, 0) is 16.8 Å². The number of rotatable bonds is 4. The first kappa shape index (κ1) is 10.1. The molecule has 0 saturated carbocycles. The van der Waals surface area contributed by atoms with E-state index in [4.69, 9.17) is 5.14 Å². The fraction of sp³-hybridized carbons (Fsp3) is 0.286. The molecule has 6 heteroatoms. The van der Waals surface area contributed by atoms with Crippen molar-refractivity contribution >= 4 is 10.2 Å². The molecule has 0 aliphatic rings. The van der Waals surface area contributed by atoms with Crippen LogP contribution < -0.4 is 14.4 Å². The van der Waals surface area contributed by atoms with Gasteiger partial charge in [-0.1, -0.05) is 6.07 Å². The van der Waals surface area contributed by atoms with Crippen molar-refractivity contribution in [3.63, 3.8) is 0 Å². The van der Waals surface area contributed by atoms with Crippen molar-refractivity contribution in [2.24, 2.45) is 5.14 Å². The molecule has 0 aliphatic carbocycles. The van der Waals surface area contributed by atoms with E-state index in [2.05, 4.69) is 4.72 Å². The van der Waals surface area contributed by atoms with Gasteiger partial charge in [-0.05, 0) is 0 Å². The van der Waals surface area contributed by atoms with Gasteiger partial charge in [0.15, 0.2) is 18.9 Å². The summed E-state index contributed by atoms with van der Waals surface area (Å²) in [4.78, 5) is 0. The van der Waals surface area contributed by atoms with E-state index in [0.29, 0.717) is 13.1 Å². The summed E-state index contributed by atoms with van der Waals surface area (Å²) in [7, 11) is -3.56. The Morgan fingerprint density at radius 1 is 1.23 bits per heavy atom. The number of nitrogens with two attached hydrogens (primary N) is 1. The van der Waals surface area contributed by atoms with Gasteiger partial charge in [0.05, 0.1) is 6.54 Å². The van der Waals surface area contributed by atoms with Gasteiger partial charge in [-0.2, -0.15) is 13.1 Å². The second kappa shape index (κ2) is 4.31. The van der Waals surface area contributed by atoms with Crippen molar-refractivity contribution < 1.29 is 13.0 Å². The van der Waals surface area contributed by atoms with Crippen molar-refractivity contribution in [2.45, 2.75) is 6.54 Å². The number of nitrogens with zero attached hydrogens (tertiary/aromatic N) is 1. The number of nitrogens with one attached hydrogen (secondary N) is 1. The summed E-state index contributed by atoms with van der Waals surface area (Å²) in [6, 6.07) is 5.64. The quantitative estimate of drug-likeness (QED) is 0.600. The fourth-order valence-electron chi connectivity index (χ4n) is 0.900. The molecule has 5 nitrogen and oxygen atoms in total. The predicted molar refractivity (Wildman–Crippen MR) is 47.7 cm³/mol. The molecule has 72 valence electrons. The molecular formula is C7H12N3O2S+. The van der Waals surface area contributed by atoms with Crippen molar-refractivity contribution in [2.75, 3.05) is 6.54 Å². The molecule has 0 aliphatic heterocycles. The molecular weight excluding hydrogens is 190 g/mol. The molecule has 0 aromatic carbocycles. The van der Waals surface area contributed by atoms with E-state index in [-0.39, 0.29) is 0 Å². The zero-order valence-corrected chi connectivity index (χ0v) is 7.87. The monoisotopic (exact) mass is 202 g/mol. The maximum Gasteiger partial charge on any atom is 0.274 e. The SMILES string of the molecule is NS(=O)(=O)NCC[n+]1ccccc1. The molecule has 13 heavy (non-hydrogen) atoms. The summed E-state index contributed by atoms with van der Waals surface area (Å²) in [5, 5.41) is 4.75. The first-order chi connectivity index (χ1) is 6.08. The normalized spacial score (nSPS) is 11.5. The van der Waals surface area contributed by atoms with Crippen LogP contribution >= 0.6 is 0 Å². The molecule has 1 aromatic rings. The zero-order valence-electron chi connectivity index (χ0n) is 7.05. The Morgan fingerprint density at radius 2 is 1.85 bits per heavy atom. The molecule has 3 N–H and O–H groups in total. The lowest BCUT2D eigenvalue weighted by molar-refractivity contribution is -0.694. The fourth-order valence-corrected chi connectivity index (χ4v) is 1.28. The second-order valence-electron chi connectivity index (χ2n) is 2.55. The van der Waals surface area contributed by atoms with Crippen LogP contribution in [0, 0.1) is 0 Å². The topological polar surface area (TPSA) is 76.1 Å². The largest absolute Gasteiger partial charge is 0.274 e. The number of hydrogen-bond donors (Lipinski definition) is 2. The molecule has 0 saturated heterocycles. The average molecular weight is 202 g/mol. The molecule has 0 unspecified atom stereocenters. The summed E-state index contributed by atoms with van der Waals surface area (Å²) in [5.41, 5.74) is 0. The minimum atomic E-state index is -3.56. The summed E-state index contributed by atoms with van der Waals surface area (Å²) in [6.07, 6.45) is 3.70. The summed E-state index contributed by atoms with van der Waals surface area (Å²) >= 11 is 0. The number of aromatic nitrogens is 1. The van der Waals surface area contributed by atoms with Gasteiger partial charge < -0.3 is 0 Å². The minimum Gasteiger partial charge on any atom is -0.216 e. The van der Waals surface area contributed by atoms with Crippen LogP contribution in [0.15, 0.2) is 30.6 Å². The van der Waals surface area contributed by atoms with E-state index >= 15 is 0 Å². The maximum absolute atomic E-state index is 10.5. The van der Waals surface area contributed by atoms with Crippen molar-refractivity contribution in [1.29, 1.82) is 0 Å². The standard InChI is InChI=1S/C7H12N3O2S/c8-13(11,12)9-4-7-10-5-2-1-3-6-10/h1-3,5-6,9H,4,7H2,(H2,8,11,12)/q+1. The van der Waals surface area contributed by atoms with Crippen LogP contribution in [0.3, 0.4) is 0 Å². The molecule has 0 fully saturated rings. The van der Waals surface area contributed by atoms with Crippen LogP contribution in [-0.4, -0.2) is 15.0 Å². The second-order valence-corrected chi connectivity index (χ2v) is 3.93. The lowest BCUT2D eigenvalue weighted by Crippen LogP contribution is -2.41. The van der Waals surface area contributed by atoms with Crippen molar-refractivity contribution in [1.82, 2.24) is 4.72 Å². The van der Waals surface area contributed by atoms with E-state index in [9.17, 15) is 8.42 Å². The lowest BCUT2D eigenvalue weighted by Gasteiger charge is -1.97. The van der Waals surface area contributed by atoms with Gasteiger partial charge in [0.2, 0.25) is 0 Å². The Morgan fingerprint density at radius 3 is 2.38 bits per heavy atom. The van der Waals surface area contributed by atoms with Gasteiger partial charge in [0.1, 0.15) is 0 Å². The number of pyridine rings is 1. The highest BCUT2D eigenvalue weighted by Crippen LogP contribution is 1.76. The van der Waals surface area contributed by atoms with E-state index < -0.39 is 10.2 Å². The highest BCUT2D eigenvalue weighted by molar-refractivity contribution is 7.87. The van der Waals surface area contributed by atoms with E-state index in [0.717, 1.165) is 0 Å². The Bertz CT molecular complexity index is 349. The molecule has 0 atom stereocenters. The molecule has 1 aromatic heterocycles. The van der Waals surface area contributed by atoms with Crippen LogP contribution in [0.5, 0.6) is 0 Å². The minimum absolute atomic E-state index is 0.299. The average Bonchev–Trinajstić information content (AvgIpc) is 2.04. The van der Waals surface area contributed by atoms with Gasteiger partial charge >= 0.3 is 0 Å². The van der Waals surface area contributed by atoms with Crippen LogP contribution in [0.1, 0.15) is 0 Å². The van der Waals surface area contributed by atoms with Crippen LogP contribution in [0.25, 0.3) is 0 Å². The van der Waals surface area contributed by atoms with Gasteiger partial charge in [-0.25, -0.2) is 9.71 Å². The van der Waals surface area contributed by atoms with Crippen molar-refractivity contribution in [3.8, 4) is 0 Å². The third-order valence-corrected chi connectivity index (χ3v) is 2.06. The Labute approximate surface area is 77.4 Å². The van der Waals surface area contributed by atoms with Gasteiger partial charge in [0, 0.05) is 12.1 Å². The van der Waals surface area contributed by atoms with Gasteiger partial charge in [-0.3, -0.25) is 0 Å². The Kier molecular flexibility index (Phi) is 3.35. The van der Waals surface area contributed by atoms with E-state index in [1.54, 1.807) is 0 Å². The summed E-state index contributed by atoms with van der Waals surface area (Å²) in [5.74, 6) is 0. The van der Waals surface area contributed by atoms with Crippen molar-refractivity contribution in [3.05, 3.63) is 30.6 Å². The maximum atomic E-state index is 10.5. The highest BCUT2D eigenvalue weighted by atomic mass is 32.2. The predicted octanol–water partition coefficient (Wildman–Crippen LogP) is -1.23. The summed E-state index contributed by atoms with van der Waals surface area (Å²) < 4.78 is 25.0. The molecule has 0 bridgehead atoms. The smallest absolute Gasteiger partial charge is 0.216 e. The lowest BCUT2D eigenvalue weighted by atomic mass is 10.5. The molecule has 0 radical (unpaired) electrons. The highest BCUT2D eigenvalue weighted by Gasteiger charge is 2.02. The van der Waals surface area contributed by atoms with Crippen LogP contribution in [0.2, 0.25) is 0 Å². The Hall–Kier alpha value is -0.980. The van der Waals surface area contributed by atoms with Gasteiger partial charge in [0.25, 0.3) is 10.2 Å². The molecule has 0 spiro atoms. The summed E-state index contributed by atoms with van der Waals surface area (Å²) in [6.45, 7) is 0.866.